The van der Waals surface area contributed by atoms with Gasteiger partial charge >= 0.3 is 0 Å². The second kappa shape index (κ2) is 4.33. The van der Waals surface area contributed by atoms with E-state index in [0.29, 0.717) is 11.1 Å². The molecule has 0 aromatic heterocycles. The zero-order valence-corrected chi connectivity index (χ0v) is 7.78. The van der Waals surface area contributed by atoms with Crippen LogP contribution in [0.1, 0.15) is 29.3 Å². The van der Waals surface area contributed by atoms with Gasteiger partial charge in [-0.2, -0.15) is 5.26 Å². The highest BCUT2D eigenvalue weighted by atomic mass is 16.1. The molecule has 1 aromatic carbocycles. The van der Waals surface area contributed by atoms with Crippen molar-refractivity contribution in [3.63, 3.8) is 0 Å². The standard InChI is InChI=1S/C11H9NO2/c1-8(13)5-11(14)10-4-2-3-9(6-10)7-12/h2-4,6H,5H2,1H3. The normalized spacial score (nSPS) is 9.14. The summed E-state index contributed by atoms with van der Waals surface area (Å²) in [7, 11) is 0. The molecule has 0 atom stereocenters. The van der Waals surface area contributed by atoms with Crippen LogP contribution in [0.5, 0.6) is 0 Å². The van der Waals surface area contributed by atoms with Crippen molar-refractivity contribution in [2.75, 3.05) is 0 Å². The van der Waals surface area contributed by atoms with Gasteiger partial charge in [0, 0.05) is 5.56 Å². The molecule has 0 unspecified atom stereocenters. The van der Waals surface area contributed by atoms with Gasteiger partial charge in [0.05, 0.1) is 18.1 Å². The molecule has 70 valence electrons. The number of Topliss-reactive ketones (excluding diaryl/α,β-unsaturated/α-hetero) is 2. The second-order valence-electron chi connectivity index (χ2n) is 2.99. The maximum absolute atomic E-state index is 11.4. The molecule has 3 nitrogen and oxygen atoms in total. The summed E-state index contributed by atoms with van der Waals surface area (Å²) in [5.41, 5.74) is 0.846. The number of hydrogen-bond donors (Lipinski definition) is 0. The van der Waals surface area contributed by atoms with Crippen LogP contribution in [0.25, 0.3) is 0 Å². The Hall–Kier alpha value is -1.95. The van der Waals surface area contributed by atoms with Gasteiger partial charge in [0.25, 0.3) is 0 Å². The fourth-order valence-electron chi connectivity index (χ4n) is 1.09. The molecule has 0 bridgehead atoms. The van der Waals surface area contributed by atoms with Crippen LogP contribution in [0.3, 0.4) is 0 Å². The Morgan fingerprint density at radius 1 is 1.43 bits per heavy atom. The predicted molar refractivity (Wildman–Crippen MR) is 50.8 cm³/mol. The van der Waals surface area contributed by atoms with Gasteiger partial charge in [-0.25, -0.2) is 0 Å². The Morgan fingerprint density at radius 2 is 2.14 bits per heavy atom. The van der Waals surface area contributed by atoms with Crippen molar-refractivity contribution in [3.8, 4) is 6.07 Å². The van der Waals surface area contributed by atoms with Crippen LogP contribution < -0.4 is 0 Å². The lowest BCUT2D eigenvalue weighted by atomic mass is 10.0. The third-order valence-electron chi connectivity index (χ3n) is 1.72. The van der Waals surface area contributed by atoms with Gasteiger partial charge in [0.2, 0.25) is 0 Å². The van der Waals surface area contributed by atoms with E-state index in [2.05, 4.69) is 0 Å². The van der Waals surface area contributed by atoms with Crippen molar-refractivity contribution in [2.45, 2.75) is 13.3 Å². The summed E-state index contributed by atoms with van der Waals surface area (Å²) in [6, 6.07) is 8.28. The summed E-state index contributed by atoms with van der Waals surface area (Å²) in [5, 5.41) is 8.60. The van der Waals surface area contributed by atoms with Crippen molar-refractivity contribution in [3.05, 3.63) is 35.4 Å². The molecule has 0 aliphatic rings. The number of carbonyl (C=O) groups is 2. The number of hydrogen-bond acceptors (Lipinski definition) is 3. The van der Waals surface area contributed by atoms with Crippen LogP contribution in [-0.4, -0.2) is 11.6 Å². The number of nitriles is 1. The molecule has 0 radical (unpaired) electrons. The molecule has 1 rings (SSSR count). The van der Waals surface area contributed by atoms with Crippen LogP contribution in [0.2, 0.25) is 0 Å². The molecule has 0 fully saturated rings. The molecule has 0 spiro atoms. The molecular formula is C11H9NO2. The minimum Gasteiger partial charge on any atom is -0.300 e. The van der Waals surface area contributed by atoms with E-state index in [1.54, 1.807) is 18.2 Å². The maximum Gasteiger partial charge on any atom is 0.170 e. The summed E-state index contributed by atoms with van der Waals surface area (Å²) in [6.07, 6.45) is -0.102. The van der Waals surface area contributed by atoms with Crippen molar-refractivity contribution in [1.29, 1.82) is 5.26 Å². The van der Waals surface area contributed by atoms with Crippen molar-refractivity contribution >= 4 is 11.6 Å². The summed E-state index contributed by atoms with van der Waals surface area (Å²) in [6.45, 7) is 1.37. The smallest absolute Gasteiger partial charge is 0.170 e. The molecule has 0 aliphatic heterocycles. The molecule has 0 N–H and O–H groups in total. The van der Waals surface area contributed by atoms with Gasteiger partial charge in [0.1, 0.15) is 5.78 Å². The lowest BCUT2D eigenvalue weighted by Gasteiger charge is -1.97. The van der Waals surface area contributed by atoms with Crippen LogP contribution >= 0.6 is 0 Å². The first kappa shape index (κ1) is 10.1. The number of carbonyl (C=O) groups excluding carboxylic acids is 2. The molecule has 0 saturated carbocycles. The summed E-state index contributed by atoms with van der Waals surface area (Å²) >= 11 is 0. The third kappa shape index (κ3) is 2.53. The number of ketones is 2. The van der Waals surface area contributed by atoms with Gasteiger partial charge in [-0.15, -0.1) is 0 Å². The van der Waals surface area contributed by atoms with E-state index < -0.39 is 0 Å². The zero-order valence-electron chi connectivity index (χ0n) is 7.78. The third-order valence-corrected chi connectivity index (χ3v) is 1.72. The molecule has 0 heterocycles. The highest BCUT2D eigenvalue weighted by Crippen LogP contribution is 2.07. The van der Waals surface area contributed by atoms with Gasteiger partial charge in [0.15, 0.2) is 5.78 Å². The SMILES string of the molecule is CC(=O)CC(=O)c1cccc(C#N)c1. The Morgan fingerprint density at radius 3 is 2.71 bits per heavy atom. The highest BCUT2D eigenvalue weighted by molar-refractivity contribution is 6.07. The molecule has 0 aliphatic carbocycles. The number of nitrogens with zero attached hydrogens (tertiary/aromatic N) is 1. The average molecular weight is 187 g/mol. The fraction of sp³-hybridized carbons (Fsp3) is 0.182. The summed E-state index contributed by atoms with van der Waals surface area (Å²) in [5.74, 6) is -0.410. The highest BCUT2D eigenvalue weighted by Gasteiger charge is 2.08. The van der Waals surface area contributed by atoms with Gasteiger partial charge < -0.3 is 0 Å². The average Bonchev–Trinajstić information content (AvgIpc) is 2.17. The largest absolute Gasteiger partial charge is 0.300 e. The van der Waals surface area contributed by atoms with E-state index in [1.165, 1.54) is 13.0 Å². The molecule has 3 heteroatoms. The van der Waals surface area contributed by atoms with E-state index in [1.807, 2.05) is 6.07 Å². The van der Waals surface area contributed by atoms with Crippen LogP contribution in [0.15, 0.2) is 24.3 Å². The Kier molecular flexibility index (Phi) is 3.14. The van der Waals surface area contributed by atoms with E-state index in [0.717, 1.165) is 0 Å². The van der Waals surface area contributed by atoms with E-state index in [9.17, 15) is 9.59 Å². The quantitative estimate of drug-likeness (QED) is 0.534. The molecule has 0 saturated heterocycles. The molecule has 1 aromatic rings. The first-order valence-electron chi connectivity index (χ1n) is 4.16. The maximum atomic E-state index is 11.4. The predicted octanol–water partition coefficient (Wildman–Crippen LogP) is 1.72. The van der Waals surface area contributed by atoms with E-state index in [4.69, 9.17) is 5.26 Å². The Labute approximate surface area is 82.0 Å². The Bertz CT molecular complexity index is 416. The Balaban J connectivity index is 2.91. The molecule has 14 heavy (non-hydrogen) atoms. The minimum atomic E-state index is -0.241. The number of rotatable bonds is 3. The van der Waals surface area contributed by atoms with E-state index >= 15 is 0 Å². The topological polar surface area (TPSA) is 57.9 Å². The second-order valence-corrected chi connectivity index (χ2v) is 2.99. The van der Waals surface area contributed by atoms with Crippen molar-refractivity contribution in [2.24, 2.45) is 0 Å². The minimum absolute atomic E-state index is 0.102. The van der Waals surface area contributed by atoms with Crippen LogP contribution in [-0.2, 0) is 4.79 Å². The van der Waals surface area contributed by atoms with Gasteiger partial charge in [-0.3, -0.25) is 9.59 Å². The monoisotopic (exact) mass is 187 g/mol. The van der Waals surface area contributed by atoms with Gasteiger partial charge in [-0.1, -0.05) is 12.1 Å². The van der Waals surface area contributed by atoms with Crippen LogP contribution in [0.4, 0.5) is 0 Å². The summed E-state index contributed by atoms with van der Waals surface area (Å²) < 4.78 is 0. The van der Waals surface area contributed by atoms with Crippen molar-refractivity contribution < 1.29 is 9.59 Å². The zero-order chi connectivity index (χ0) is 10.6. The first-order chi connectivity index (χ1) is 6.63. The lowest BCUT2D eigenvalue weighted by molar-refractivity contribution is -0.116. The van der Waals surface area contributed by atoms with Crippen molar-refractivity contribution in [1.82, 2.24) is 0 Å². The fourth-order valence-corrected chi connectivity index (χ4v) is 1.09. The molecular weight excluding hydrogens is 178 g/mol. The van der Waals surface area contributed by atoms with Crippen LogP contribution in [0, 0.1) is 11.3 Å². The summed E-state index contributed by atoms with van der Waals surface area (Å²) in [4.78, 5) is 22.1. The molecule has 0 amide bonds. The lowest BCUT2D eigenvalue weighted by Crippen LogP contribution is -2.04. The number of benzene rings is 1. The van der Waals surface area contributed by atoms with E-state index in [-0.39, 0.29) is 18.0 Å². The van der Waals surface area contributed by atoms with Gasteiger partial charge in [-0.05, 0) is 19.1 Å². The first-order valence-corrected chi connectivity index (χ1v) is 4.16.